The Morgan fingerprint density at radius 2 is 1.91 bits per heavy atom. The monoisotopic (exact) mass is 298 g/mol. The van der Waals surface area contributed by atoms with Gasteiger partial charge < -0.3 is 11.1 Å². The number of carbonyl (C=O) groups excluding carboxylic acids is 1. The fourth-order valence-electron chi connectivity index (χ4n) is 3.03. The van der Waals surface area contributed by atoms with Crippen molar-refractivity contribution in [3.8, 4) is 0 Å². The van der Waals surface area contributed by atoms with Crippen molar-refractivity contribution in [3.05, 3.63) is 65.5 Å². The van der Waals surface area contributed by atoms with Gasteiger partial charge in [0.1, 0.15) is 5.82 Å². The molecule has 0 heterocycles. The number of rotatable bonds is 4. The molecule has 2 aromatic rings. The Morgan fingerprint density at radius 1 is 1.18 bits per heavy atom. The van der Waals surface area contributed by atoms with E-state index in [1.165, 1.54) is 23.8 Å². The lowest BCUT2D eigenvalue weighted by Crippen LogP contribution is -2.45. The molecule has 0 aromatic heterocycles. The molecule has 0 unspecified atom stereocenters. The molecule has 1 amide bonds. The molecule has 0 radical (unpaired) electrons. The van der Waals surface area contributed by atoms with Crippen LogP contribution in [0.4, 0.5) is 10.1 Å². The number of hydrogen-bond donors (Lipinski definition) is 2. The van der Waals surface area contributed by atoms with Crippen molar-refractivity contribution >= 4 is 11.6 Å². The summed E-state index contributed by atoms with van der Waals surface area (Å²) in [5.41, 5.74) is 7.49. The third-order valence-corrected chi connectivity index (χ3v) is 4.54. The maximum Gasteiger partial charge on any atom is 0.253 e. The Balaban J connectivity index is 1.74. The zero-order valence-corrected chi connectivity index (χ0v) is 12.3. The third kappa shape index (κ3) is 2.69. The van der Waals surface area contributed by atoms with Crippen LogP contribution in [-0.2, 0) is 5.41 Å². The van der Waals surface area contributed by atoms with Gasteiger partial charge in [0, 0.05) is 17.6 Å². The third-order valence-electron chi connectivity index (χ3n) is 4.54. The summed E-state index contributed by atoms with van der Waals surface area (Å²) in [4.78, 5) is 12.3. The first kappa shape index (κ1) is 14.6. The molecule has 1 fully saturated rings. The number of nitrogens with two attached hydrogens (primary N) is 1. The van der Waals surface area contributed by atoms with Crippen LogP contribution in [0.15, 0.2) is 48.5 Å². The predicted molar refractivity (Wildman–Crippen MR) is 85.1 cm³/mol. The average molecular weight is 298 g/mol. The summed E-state index contributed by atoms with van der Waals surface area (Å²) in [6.07, 6.45) is 3.26. The van der Waals surface area contributed by atoms with Crippen molar-refractivity contribution in [2.24, 2.45) is 0 Å². The number of anilines is 1. The van der Waals surface area contributed by atoms with Gasteiger partial charge >= 0.3 is 0 Å². The van der Waals surface area contributed by atoms with Crippen LogP contribution in [0.5, 0.6) is 0 Å². The molecular weight excluding hydrogens is 279 g/mol. The lowest BCUT2D eigenvalue weighted by Gasteiger charge is -2.42. The summed E-state index contributed by atoms with van der Waals surface area (Å²) in [6.45, 7) is 0.547. The van der Waals surface area contributed by atoms with Gasteiger partial charge in [-0.15, -0.1) is 0 Å². The summed E-state index contributed by atoms with van der Waals surface area (Å²) >= 11 is 0. The minimum absolute atomic E-state index is 0.000985. The quantitative estimate of drug-likeness (QED) is 0.851. The Hall–Kier alpha value is -2.36. The zero-order chi connectivity index (χ0) is 15.6. The van der Waals surface area contributed by atoms with Gasteiger partial charge in [0.2, 0.25) is 0 Å². The van der Waals surface area contributed by atoms with Gasteiger partial charge in [-0.1, -0.05) is 36.8 Å². The first-order chi connectivity index (χ1) is 10.6. The summed E-state index contributed by atoms with van der Waals surface area (Å²) in [5, 5.41) is 2.92. The van der Waals surface area contributed by atoms with E-state index in [1.54, 1.807) is 0 Å². The smallest absolute Gasteiger partial charge is 0.253 e. The molecule has 3 rings (SSSR count). The second-order valence-electron chi connectivity index (χ2n) is 5.91. The Labute approximate surface area is 129 Å². The molecule has 2 aromatic carbocycles. The predicted octanol–water partition coefficient (Wildman–Crippen LogP) is 3.26. The summed E-state index contributed by atoms with van der Waals surface area (Å²) in [5.74, 6) is -0.778. The fourth-order valence-corrected chi connectivity index (χ4v) is 3.03. The van der Waals surface area contributed by atoms with Crippen LogP contribution in [0, 0.1) is 5.82 Å². The highest BCUT2D eigenvalue weighted by Gasteiger charge is 2.38. The largest absolute Gasteiger partial charge is 0.398 e. The van der Waals surface area contributed by atoms with Crippen LogP contribution in [0.1, 0.15) is 35.2 Å². The highest BCUT2D eigenvalue weighted by Crippen LogP contribution is 2.43. The number of benzene rings is 2. The minimum Gasteiger partial charge on any atom is -0.398 e. The van der Waals surface area contributed by atoms with Crippen LogP contribution in [0.3, 0.4) is 0 Å². The van der Waals surface area contributed by atoms with Gasteiger partial charge in [-0.2, -0.15) is 0 Å². The summed E-state index contributed by atoms with van der Waals surface area (Å²) in [6, 6.07) is 14.1. The molecule has 22 heavy (non-hydrogen) atoms. The number of nitrogen functional groups attached to an aromatic ring is 1. The van der Waals surface area contributed by atoms with Crippen molar-refractivity contribution in [1.29, 1.82) is 0 Å². The van der Waals surface area contributed by atoms with Crippen LogP contribution < -0.4 is 11.1 Å². The number of nitrogens with one attached hydrogen (secondary N) is 1. The van der Waals surface area contributed by atoms with E-state index in [0.717, 1.165) is 19.3 Å². The maximum atomic E-state index is 13.3. The van der Waals surface area contributed by atoms with E-state index in [4.69, 9.17) is 5.73 Å². The van der Waals surface area contributed by atoms with Crippen LogP contribution in [-0.4, -0.2) is 12.5 Å². The fraction of sp³-hybridized carbons (Fsp3) is 0.278. The van der Waals surface area contributed by atoms with E-state index in [2.05, 4.69) is 17.4 Å². The molecule has 114 valence electrons. The van der Waals surface area contributed by atoms with E-state index in [1.807, 2.05) is 18.2 Å². The Kier molecular flexibility index (Phi) is 3.84. The van der Waals surface area contributed by atoms with Gasteiger partial charge in [-0.25, -0.2) is 4.39 Å². The van der Waals surface area contributed by atoms with Crippen molar-refractivity contribution in [2.45, 2.75) is 24.7 Å². The van der Waals surface area contributed by atoms with E-state index >= 15 is 0 Å². The van der Waals surface area contributed by atoms with Crippen molar-refractivity contribution in [1.82, 2.24) is 5.32 Å². The Bertz CT molecular complexity index is 681. The second-order valence-corrected chi connectivity index (χ2v) is 5.91. The maximum absolute atomic E-state index is 13.3. The molecular formula is C18H19FN2O. The van der Waals surface area contributed by atoms with E-state index < -0.39 is 5.82 Å². The minimum atomic E-state index is -0.458. The number of amides is 1. The zero-order valence-electron chi connectivity index (χ0n) is 12.3. The van der Waals surface area contributed by atoms with Gasteiger partial charge in [0.25, 0.3) is 5.91 Å². The first-order valence-corrected chi connectivity index (χ1v) is 7.49. The molecule has 4 heteroatoms. The molecule has 1 aliphatic rings. The Morgan fingerprint density at radius 3 is 2.55 bits per heavy atom. The second kappa shape index (κ2) is 5.79. The molecule has 0 bridgehead atoms. The van der Waals surface area contributed by atoms with Gasteiger partial charge in [-0.05, 0) is 36.6 Å². The van der Waals surface area contributed by atoms with E-state index in [0.29, 0.717) is 12.2 Å². The van der Waals surface area contributed by atoms with Gasteiger partial charge in [0.05, 0.1) is 5.56 Å². The molecule has 0 saturated heterocycles. The van der Waals surface area contributed by atoms with Crippen LogP contribution >= 0.6 is 0 Å². The number of hydrogen-bond acceptors (Lipinski definition) is 2. The number of carbonyl (C=O) groups is 1. The van der Waals surface area contributed by atoms with Gasteiger partial charge in [-0.3, -0.25) is 4.79 Å². The molecule has 3 nitrogen and oxygen atoms in total. The highest BCUT2D eigenvalue weighted by molar-refractivity contribution is 5.99. The summed E-state index contributed by atoms with van der Waals surface area (Å²) in [7, 11) is 0. The van der Waals surface area contributed by atoms with Crippen molar-refractivity contribution < 1.29 is 9.18 Å². The molecule has 0 aliphatic heterocycles. The summed E-state index contributed by atoms with van der Waals surface area (Å²) < 4.78 is 13.3. The lowest BCUT2D eigenvalue weighted by molar-refractivity contribution is 0.0928. The van der Waals surface area contributed by atoms with E-state index in [-0.39, 0.29) is 16.9 Å². The highest BCUT2D eigenvalue weighted by atomic mass is 19.1. The first-order valence-electron chi connectivity index (χ1n) is 7.49. The SMILES string of the molecule is Nc1ccc(F)cc1C(=O)NCC1(c2ccccc2)CCC1. The molecule has 1 saturated carbocycles. The average Bonchev–Trinajstić information content (AvgIpc) is 2.49. The van der Waals surface area contributed by atoms with Gasteiger partial charge in [0.15, 0.2) is 0 Å². The van der Waals surface area contributed by atoms with Crippen LogP contribution in [0.2, 0.25) is 0 Å². The molecule has 1 aliphatic carbocycles. The standard InChI is InChI=1S/C18H19FN2O/c19-14-7-8-16(20)15(11-14)17(22)21-12-18(9-4-10-18)13-5-2-1-3-6-13/h1-3,5-8,11H,4,9-10,12,20H2,(H,21,22). The van der Waals surface area contributed by atoms with Crippen LogP contribution in [0.25, 0.3) is 0 Å². The molecule has 3 N–H and O–H groups in total. The number of halogens is 1. The topological polar surface area (TPSA) is 55.1 Å². The lowest BCUT2D eigenvalue weighted by atomic mass is 9.64. The normalized spacial score (nSPS) is 15.9. The van der Waals surface area contributed by atoms with Crippen molar-refractivity contribution in [2.75, 3.05) is 12.3 Å². The van der Waals surface area contributed by atoms with E-state index in [9.17, 15) is 9.18 Å². The van der Waals surface area contributed by atoms with Crippen molar-refractivity contribution in [3.63, 3.8) is 0 Å². The molecule has 0 atom stereocenters. The molecule has 0 spiro atoms.